The maximum absolute atomic E-state index is 6.29. The Bertz CT molecular complexity index is 1420. The largest absolute Gasteiger partial charge is 0.493 e. The molecule has 40 heavy (non-hydrogen) atoms. The van der Waals surface area contributed by atoms with E-state index in [1.807, 2.05) is 78.9 Å². The Balaban J connectivity index is 1.37. The van der Waals surface area contributed by atoms with Crippen LogP contribution in [0.3, 0.4) is 0 Å². The first kappa shape index (κ1) is 28.6. The predicted molar refractivity (Wildman–Crippen MR) is 162 cm³/mol. The van der Waals surface area contributed by atoms with Gasteiger partial charge >= 0.3 is 0 Å². The Labute approximate surface area is 238 Å². The van der Waals surface area contributed by atoms with Crippen LogP contribution in [0.1, 0.15) is 54.5 Å². The molecule has 0 aliphatic carbocycles. The lowest BCUT2D eigenvalue weighted by molar-refractivity contribution is 0.242. The van der Waals surface area contributed by atoms with Gasteiger partial charge in [-0.3, -0.25) is 0 Å². The van der Waals surface area contributed by atoms with Gasteiger partial charge in [0.05, 0.1) is 18.8 Å². The van der Waals surface area contributed by atoms with Crippen LogP contribution >= 0.6 is 0 Å². The Kier molecular flexibility index (Phi) is 10.5. The molecule has 0 amide bonds. The highest BCUT2D eigenvalue weighted by molar-refractivity contribution is 5.53. The Morgan fingerprint density at radius 3 is 2.12 bits per heavy atom. The van der Waals surface area contributed by atoms with Crippen LogP contribution in [0, 0.1) is 19.3 Å². The van der Waals surface area contributed by atoms with E-state index in [9.17, 15) is 0 Å². The summed E-state index contributed by atoms with van der Waals surface area (Å²) in [5, 5.41) is 0. The molecular weight excluding hydrogens is 496 g/mol. The molecule has 206 valence electrons. The molecule has 0 saturated carbocycles. The maximum atomic E-state index is 6.29. The summed E-state index contributed by atoms with van der Waals surface area (Å²) < 4.78 is 24.8. The van der Waals surface area contributed by atoms with Crippen molar-refractivity contribution in [3.05, 3.63) is 113 Å². The number of ether oxygens (including phenoxy) is 4. The number of rotatable bonds is 14. The molecule has 0 atom stereocenters. The van der Waals surface area contributed by atoms with E-state index < -0.39 is 0 Å². The van der Waals surface area contributed by atoms with Gasteiger partial charge in [-0.1, -0.05) is 80.8 Å². The summed E-state index contributed by atoms with van der Waals surface area (Å²) in [6.45, 7) is 7.81. The molecule has 4 heteroatoms. The lowest BCUT2D eigenvalue weighted by Crippen LogP contribution is -2.08. The second-order valence-electron chi connectivity index (χ2n) is 9.63. The van der Waals surface area contributed by atoms with Crippen LogP contribution < -0.4 is 18.9 Å². The summed E-state index contributed by atoms with van der Waals surface area (Å²) in [6, 6.07) is 28.0. The summed E-state index contributed by atoms with van der Waals surface area (Å²) in [7, 11) is 0. The van der Waals surface area contributed by atoms with Crippen molar-refractivity contribution in [1.29, 1.82) is 0 Å². The fourth-order valence-electron chi connectivity index (χ4n) is 4.47. The van der Waals surface area contributed by atoms with Crippen molar-refractivity contribution in [3.63, 3.8) is 0 Å². The van der Waals surface area contributed by atoms with Gasteiger partial charge in [-0.2, -0.15) is 0 Å². The van der Waals surface area contributed by atoms with Gasteiger partial charge in [-0.25, -0.2) is 0 Å². The molecule has 0 saturated heterocycles. The van der Waals surface area contributed by atoms with Crippen LogP contribution in [-0.2, 0) is 19.4 Å². The van der Waals surface area contributed by atoms with E-state index in [1.165, 1.54) is 0 Å². The van der Waals surface area contributed by atoms with Crippen LogP contribution in [0.5, 0.6) is 28.7 Å². The molecular formula is C36H38O4. The number of hydrogen-bond acceptors (Lipinski definition) is 4. The monoisotopic (exact) mass is 534 g/mol. The zero-order valence-corrected chi connectivity index (χ0v) is 23.7. The van der Waals surface area contributed by atoms with Crippen molar-refractivity contribution in [2.75, 3.05) is 13.2 Å². The van der Waals surface area contributed by atoms with Crippen molar-refractivity contribution < 1.29 is 18.9 Å². The number of para-hydroxylation sites is 1. The quantitative estimate of drug-likeness (QED) is 0.120. The van der Waals surface area contributed by atoms with Gasteiger partial charge in [0.2, 0.25) is 0 Å². The van der Waals surface area contributed by atoms with E-state index in [1.54, 1.807) is 0 Å². The molecule has 4 rings (SSSR count). The van der Waals surface area contributed by atoms with E-state index in [4.69, 9.17) is 25.4 Å². The Morgan fingerprint density at radius 1 is 0.700 bits per heavy atom. The van der Waals surface area contributed by atoms with Crippen LogP contribution in [0.4, 0.5) is 0 Å². The summed E-state index contributed by atoms with van der Waals surface area (Å²) in [6.07, 6.45) is 9.20. The molecule has 0 unspecified atom stereocenters. The average molecular weight is 535 g/mol. The fourth-order valence-corrected chi connectivity index (χ4v) is 4.47. The third kappa shape index (κ3) is 7.61. The molecule has 0 aromatic heterocycles. The van der Waals surface area contributed by atoms with E-state index >= 15 is 0 Å². The molecule has 0 aliphatic rings. The minimum absolute atomic E-state index is 0.445. The van der Waals surface area contributed by atoms with E-state index in [0.717, 1.165) is 76.5 Å². The van der Waals surface area contributed by atoms with E-state index in [-0.39, 0.29) is 0 Å². The lowest BCUT2D eigenvalue weighted by Gasteiger charge is -2.17. The average Bonchev–Trinajstić information content (AvgIpc) is 2.99. The van der Waals surface area contributed by atoms with Gasteiger partial charge in [0.15, 0.2) is 0 Å². The standard InChI is InChI=1S/C36H38O4/c1-5-15-31-33(20-13-21-34(31)40-32-19-12-11-16-27(32)4)37-22-14-23-38-35-25-36(30(7-3)24-29(35)6-2)39-26-28-17-9-8-10-18-28/h3,8-13,16-21,24-25H,5-6,14-15,22-23,26H2,1-2,4H3. The zero-order valence-electron chi connectivity index (χ0n) is 23.7. The van der Waals surface area contributed by atoms with Gasteiger partial charge in [-0.15, -0.1) is 6.42 Å². The molecule has 0 N–H and O–H groups in total. The first-order valence-corrected chi connectivity index (χ1v) is 14.0. The van der Waals surface area contributed by atoms with Crippen molar-refractivity contribution in [3.8, 4) is 41.1 Å². The smallest absolute Gasteiger partial charge is 0.139 e. The minimum Gasteiger partial charge on any atom is -0.493 e. The molecule has 0 aliphatic heterocycles. The minimum atomic E-state index is 0.445. The highest BCUT2D eigenvalue weighted by atomic mass is 16.5. The van der Waals surface area contributed by atoms with Gasteiger partial charge in [-0.05, 0) is 60.7 Å². The van der Waals surface area contributed by atoms with Crippen molar-refractivity contribution in [2.45, 2.75) is 53.1 Å². The van der Waals surface area contributed by atoms with Crippen LogP contribution in [0.2, 0.25) is 0 Å². The van der Waals surface area contributed by atoms with E-state index in [0.29, 0.717) is 25.6 Å². The second-order valence-corrected chi connectivity index (χ2v) is 9.63. The Morgan fingerprint density at radius 2 is 1.40 bits per heavy atom. The van der Waals surface area contributed by atoms with Crippen molar-refractivity contribution in [2.24, 2.45) is 0 Å². The summed E-state index contributed by atoms with van der Waals surface area (Å²) in [4.78, 5) is 0. The normalized spacial score (nSPS) is 10.6. The van der Waals surface area contributed by atoms with Crippen LogP contribution in [-0.4, -0.2) is 13.2 Å². The van der Waals surface area contributed by atoms with Crippen molar-refractivity contribution >= 4 is 0 Å². The fraction of sp³-hybridized carbons (Fsp3) is 0.278. The Hall–Kier alpha value is -4.36. The maximum Gasteiger partial charge on any atom is 0.139 e. The SMILES string of the molecule is C#Cc1cc(CC)c(OCCCOc2cccc(Oc3ccccc3C)c2CCC)cc1OCc1ccccc1. The number of hydrogen-bond donors (Lipinski definition) is 0. The van der Waals surface area contributed by atoms with Crippen LogP contribution in [0.25, 0.3) is 0 Å². The molecule has 0 bridgehead atoms. The third-order valence-electron chi connectivity index (χ3n) is 6.64. The molecule has 4 nitrogen and oxygen atoms in total. The van der Waals surface area contributed by atoms with E-state index in [2.05, 4.69) is 32.8 Å². The third-order valence-corrected chi connectivity index (χ3v) is 6.64. The zero-order chi connectivity index (χ0) is 28.2. The first-order valence-electron chi connectivity index (χ1n) is 14.0. The molecule has 0 heterocycles. The van der Waals surface area contributed by atoms with Gasteiger partial charge in [0, 0.05) is 18.1 Å². The predicted octanol–water partition coefficient (Wildman–Crippen LogP) is 8.71. The van der Waals surface area contributed by atoms with Crippen molar-refractivity contribution in [1.82, 2.24) is 0 Å². The molecule has 0 fully saturated rings. The highest BCUT2D eigenvalue weighted by Gasteiger charge is 2.13. The molecule has 4 aromatic carbocycles. The highest BCUT2D eigenvalue weighted by Crippen LogP contribution is 2.35. The molecule has 4 aromatic rings. The summed E-state index contributed by atoms with van der Waals surface area (Å²) >= 11 is 0. The summed E-state index contributed by atoms with van der Waals surface area (Å²) in [5.41, 5.74) is 5.07. The van der Waals surface area contributed by atoms with Crippen LogP contribution in [0.15, 0.2) is 84.9 Å². The molecule has 0 radical (unpaired) electrons. The first-order chi connectivity index (χ1) is 19.6. The summed E-state index contributed by atoms with van der Waals surface area (Å²) in [5.74, 6) is 6.77. The van der Waals surface area contributed by atoms with Gasteiger partial charge < -0.3 is 18.9 Å². The van der Waals surface area contributed by atoms with Gasteiger partial charge in [0.25, 0.3) is 0 Å². The number of aryl methyl sites for hydroxylation is 2. The molecule has 0 spiro atoms. The van der Waals surface area contributed by atoms with Gasteiger partial charge in [0.1, 0.15) is 35.4 Å². The lowest BCUT2D eigenvalue weighted by atomic mass is 10.1. The number of terminal acetylenes is 1. The topological polar surface area (TPSA) is 36.9 Å². The number of benzene rings is 4. The second kappa shape index (κ2) is 14.7.